The fraction of sp³-hybridized carbons (Fsp3) is 0.114. The average molecular weight is 606 g/mol. The van der Waals surface area contributed by atoms with Gasteiger partial charge in [-0.2, -0.15) is 0 Å². The molecule has 1 atom stereocenters. The molecule has 9 heteroatoms. The minimum absolute atomic E-state index is 0.179. The van der Waals surface area contributed by atoms with Crippen LogP contribution in [0.4, 0.5) is 0 Å². The zero-order valence-corrected chi connectivity index (χ0v) is 25.1. The lowest BCUT2D eigenvalue weighted by Gasteiger charge is -2.36. The Morgan fingerprint density at radius 3 is 2.48 bits per heavy atom. The first kappa shape index (κ1) is 30.3. The van der Waals surface area contributed by atoms with Gasteiger partial charge in [-0.05, 0) is 77.0 Å². The molecule has 0 saturated heterocycles. The van der Waals surface area contributed by atoms with Crippen molar-refractivity contribution in [1.29, 1.82) is 0 Å². The number of likely N-dealkylation sites (N-methyl/N-ethyl adjacent to an activating group) is 1. The number of nitrogens with two attached hydrogens (primary N) is 1. The largest absolute Gasteiger partial charge is 0.403 e. The van der Waals surface area contributed by atoms with Crippen molar-refractivity contribution >= 4 is 28.4 Å². The van der Waals surface area contributed by atoms with E-state index in [-0.39, 0.29) is 18.0 Å². The Morgan fingerprint density at radius 2 is 1.82 bits per heavy atom. The van der Waals surface area contributed by atoms with E-state index in [4.69, 9.17) is 17.3 Å². The number of pyridine rings is 2. The zero-order chi connectivity index (χ0) is 31.4. The normalized spacial score (nSPS) is 12.9. The summed E-state index contributed by atoms with van der Waals surface area (Å²) in [5.41, 5.74) is 8.75. The van der Waals surface area contributed by atoms with Crippen LogP contribution in [0.3, 0.4) is 0 Å². The van der Waals surface area contributed by atoms with E-state index in [1.54, 1.807) is 90.6 Å². The van der Waals surface area contributed by atoms with Gasteiger partial charge in [0.2, 0.25) is 0 Å². The van der Waals surface area contributed by atoms with Crippen molar-refractivity contribution < 1.29 is 9.90 Å². The Hall–Kier alpha value is -5.18. The summed E-state index contributed by atoms with van der Waals surface area (Å²) in [5.74, 6) is -0.277. The van der Waals surface area contributed by atoms with Crippen molar-refractivity contribution in [1.82, 2.24) is 19.8 Å². The second-order valence-electron chi connectivity index (χ2n) is 10.3. The molecule has 0 saturated carbocycles. The molecule has 2 aromatic heterocycles. The molecule has 222 valence electrons. The molecule has 0 fully saturated rings. The minimum Gasteiger partial charge on any atom is -0.403 e. The standard InChI is InChI=1S/C35H32ClN5O3/c1-4-40(2)32(21-37)35(44,25-13-11-23(12-14-25)34(43)39-22-28-10-5-6-17-38-28)26-15-16-31-30(19-26)29(20-33(42)41(31)3)24-8-7-9-27(36)18-24/h4-21,44H,1,22,37H2,2-3H3,(H,39,43)/b32-21-. The number of nitrogens with zero attached hydrogens (tertiary/aromatic N) is 3. The maximum atomic E-state index is 12.9. The Labute approximate surface area is 260 Å². The molecule has 3 aromatic carbocycles. The van der Waals surface area contributed by atoms with Crippen molar-refractivity contribution in [2.75, 3.05) is 7.05 Å². The highest BCUT2D eigenvalue weighted by Gasteiger charge is 2.38. The molecule has 0 bridgehead atoms. The molecule has 44 heavy (non-hydrogen) atoms. The average Bonchev–Trinajstić information content (AvgIpc) is 3.05. The van der Waals surface area contributed by atoms with Gasteiger partial charge in [0, 0.05) is 48.5 Å². The highest BCUT2D eigenvalue weighted by Crippen LogP contribution is 2.40. The van der Waals surface area contributed by atoms with Crippen LogP contribution in [0.15, 0.2) is 127 Å². The van der Waals surface area contributed by atoms with Crippen LogP contribution in [-0.2, 0) is 19.2 Å². The molecule has 0 spiro atoms. The number of aliphatic hydroxyl groups is 1. The molecule has 1 unspecified atom stereocenters. The van der Waals surface area contributed by atoms with Crippen LogP contribution in [0.1, 0.15) is 27.2 Å². The first-order valence-electron chi connectivity index (χ1n) is 13.9. The lowest BCUT2D eigenvalue weighted by molar-refractivity contribution is 0.0941. The first-order valence-corrected chi connectivity index (χ1v) is 14.2. The van der Waals surface area contributed by atoms with Crippen molar-refractivity contribution in [3.63, 3.8) is 0 Å². The number of hydrogen-bond donors (Lipinski definition) is 3. The summed E-state index contributed by atoms with van der Waals surface area (Å²) in [6, 6.07) is 26.4. The lowest BCUT2D eigenvalue weighted by Crippen LogP contribution is -2.37. The third-order valence-corrected chi connectivity index (χ3v) is 7.94. The van der Waals surface area contributed by atoms with E-state index < -0.39 is 5.60 Å². The summed E-state index contributed by atoms with van der Waals surface area (Å²) in [4.78, 5) is 31.7. The van der Waals surface area contributed by atoms with Crippen LogP contribution in [0.2, 0.25) is 5.02 Å². The minimum atomic E-state index is -1.77. The third kappa shape index (κ3) is 5.73. The van der Waals surface area contributed by atoms with E-state index in [1.165, 1.54) is 6.20 Å². The summed E-state index contributed by atoms with van der Waals surface area (Å²) in [6.45, 7) is 4.14. The van der Waals surface area contributed by atoms with Gasteiger partial charge in [0.05, 0.1) is 23.5 Å². The van der Waals surface area contributed by atoms with Crippen LogP contribution < -0.4 is 16.6 Å². The second kappa shape index (κ2) is 12.6. The smallest absolute Gasteiger partial charge is 0.251 e. The maximum absolute atomic E-state index is 12.9. The Morgan fingerprint density at radius 1 is 1.07 bits per heavy atom. The number of aryl methyl sites for hydroxylation is 1. The van der Waals surface area contributed by atoms with Crippen molar-refractivity contribution in [3.8, 4) is 11.1 Å². The predicted molar refractivity (Wildman–Crippen MR) is 175 cm³/mol. The van der Waals surface area contributed by atoms with Crippen molar-refractivity contribution in [3.05, 3.63) is 160 Å². The molecular formula is C35H32ClN5O3. The fourth-order valence-electron chi connectivity index (χ4n) is 5.27. The molecule has 2 heterocycles. The number of rotatable bonds is 9. The molecule has 1 amide bonds. The summed E-state index contributed by atoms with van der Waals surface area (Å²) in [6.07, 6.45) is 4.55. The topological polar surface area (TPSA) is 113 Å². The number of carbonyl (C=O) groups excluding carboxylic acids is 1. The third-order valence-electron chi connectivity index (χ3n) is 7.70. The zero-order valence-electron chi connectivity index (χ0n) is 24.4. The van der Waals surface area contributed by atoms with E-state index in [1.807, 2.05) is 36.4 Å². The highest BCUT2D eigenvalue weighted by atomic mass is 35.5. The van der Waals surface area contributed by atoms with Crippen LogP contribution in [0.5, 0.6) is 0 Å². The Kier molecular flexibility index (Phi) is 8.66. The Bertz CT molecular complexity index is 1940. The van der Waals surface area contributed by atoms with Gasteiger partial charge in [-0.1, -0.05) is 54.6 Å². The highest BCUT2D eigenvalue weighted by molar-refractivity contribution is 6.30. The molecule has 5 rings (SSSR count). The summed E-state index contributed by atoms with van der Waals surface area (Å²) >= 11 is 6.31. The summed E-state index contributed by atoms with van der Waals surface area (Å²) < 4.78 is 1.56. The quantitative estimate of drug-likeness (QED) is 0.210. The van der Waals surface area contributed by atoms with Gasteiger partial charge in [-0.3, -0.25) is 14.6 Å². The van der Waals surface area contributed by atoms with Gasteiger partial charge in [0.15, 0.2) is 5.60 Å². The SMILES string of the molecule is C=CN(C)/C(=C\N)C(O)(c1ccc(C(=O)NCc2ccccn2)cc1)c1ccc2c(c1)c(-c1cccc(Cl)c1)cc(=O)n2C. The maximum Gasteiger partial charge on any atom is 0.251 e. The molecule has 4 N–H and O–H groups in total. The number of carbonyl (C=O) groups is 1. The van der Waals surface area contributed by atoms with Gasteiger partial charge in [-0.15, -0.1) is 0 Å². The number of nitrogens with one attached hydrogen (secondary N) is 1. The van der Waals surface area contributed by atoms with E-state index in [9.17, 15) is 14.7 Å². The van der Waals surface area contributed by atoms with E-state index in [0.717, 1.165) is 16.6 Å². The Balaban J connectivity index is 1.63. The first-order chi connectivity index (χ1) is 21.2. The second-order valence-corrected chi connectivity index (χ2v) is 10.8. The number of halogens is 1. The van der Waals surface area contributed by atoms with Gasteiger partial charge in [-0.25, -0.2) is 0 Å². The summed E-state index contributed by atoms with van der Waals surface area (Å²) in [7, 11) is 3.44. The molecule has 8 nitrogen and oxygen atoms in total. The number of amides is 1. The summed E-state index contributed by atoms with van der Waals surface area (Å²) in [5, 5.41) is 16.8. The van der Waals surface area contributed by atoms with E-state index >= 15 is 0 Å². The molecule has 0 aliphatic heterocycles. The van der Waals surface area contributed by atoms with Crippen LogP contribution in [-0.4, -0.2) is 32.5 Å². The van der Waals surface area contributed by atoms with Gasteiger partial charge < -0.3 is 25.6 Å². The number of aromatic nitrogens is 2. The van der Waals surface area contributed by atoms with Gasteiger partial charge >= 0.3 is 0 Å². The monoisotopic (exact) mass is 605 g/mol. The molecule has 0 aliphatic rings. The molecule has 0 radical (unpaired) electrons. The molecule has 0 aliphatic carbocycles. The number of hydrogen-bond acceptors (Lipinski definition) is 6. The van der Waals surface area contributed by atoms with E-state index in [0.29, 0.717) is 38.5 Å². The fourth-order valence-corrected chi connectivity index (χ4v) is 5.46. The van der Waals surface area contributed by atoms with Crippen LogP contribution in [0.25, 0.3) is 22.0 Å². The predicted octanol–water partition coefficient (Wildman–Crippen LogP) is 5.30. The van der Waals surface area contributed by atoms with Gasteiger partial charge in [0.25, 0.3) is 11.5 Å². The van der Waals surface area contributed by atoms with Gasteiger partial charge in [0.1, 0.15) is 0 Å². The number of fused-ring (bicyclic) bond motifs is 1. The van der Waals surface area contributed by atoms with E-state index in [2.05, 4.69) is 16.9 Å². The van der Waals surface area contributed by atoms with Crippen molar-refractivity contribution in [2.45, 2.75) is 12.1 Å². The van der Waals surface area contributed by atoms with Crippen molar-refractivity contribution in [2.24, 2.45) is 12.8 Å². The van der Waals surface area contributed by atoms with Crippen LogP contribution >= 0.6 is 11.6 Å². The lowest BCUT2D eigenvalue weighted by atomic mass is 9.81. The molecule has 5 aromatic rings. The van der Waals surface area contributed by atoms with Crippen LogP contribution in [0, 0.1) is 0 Å². The number of benzene rings is 3. The molecular weight excluding hydrogens is 574 g/mol.